The van der Waals surface area contributed by atoms with Crippen LogP contribution in [0.2, 0.25) is 0 Å². The lowest BCUT2D eigenvalue weighted by atomic mass is 9.47. The monoisotopic (exact) mass is 496 g/mol. The Morgan fingerprint density at radius 2 is 1.62 bits per heavy atom. The maximum Gasteiger partial charge on any atom is 0.426 e. The molecule has 4 aliphatic rings. The first-order valence-corrected chi connectivity index (χ1v) is 12.8. The minimum absolute atomic E-state index is 0.0514. The molecule has 0 amide bonds. The van der Waals surface area contributed by atoms with Gasteiger partial charge in [-0.15, -0.1) is 0 Å². The summed E-state index contributed by atoms with van der Waals surface area (Å²) in [5, 5.41) is 19.8. The molecule has 196 valence electrons. The van der Waals surface area contributed by atoms with Gasteiger partial charge in [0.1, 0.15) is 0 Å². The minimum atomic E-state index is -5.75. The number of aliphatic hydroxyl groups excluding tert-OH is 1. The highest BCUT2D eigenvalue weighted by Crippen LogP contribution is 2.67. The number of allylic oxidation sites excluding steroid dienone is 1. The maximum absolute atomic E-state index is 13.2. The van der Waals surface area contributed by atoms with Crippen LogP contribution in [0.5, 0.6) is 0 Å². The number of hydrogen-bond acceptors (Lipinski definition) is 2. The molecular formula is C26H38F6O2. The Morgan fingerprint density at radius 3 is 2.24 bits per heavy atom. The Bertz CT molecular complexity index is 790. The molecule has 4 rings (SSSR count). The summed E-state index contributed by atoms with van der Waals surface area (Å²) in [6.45, 7) is 6.29. The number of aliphatic hydroxyl groups is 2. The predicted octanol–water partition coefficient (Wildman–Crippen LogP) is 7.20. The van der Waals surface area contributed by atoms with Gasteiger partial charge in [0.15, 0.2) is 0 Å². The summed E-state index contributed by atoms with van der Waals surface area (Å²) in [7, 11) is 0. The summed E-state index contributed by atoms with van der Waals surface area (Å²) in [5.41, 5.74) is -3.30. The zero-order valence-electron chi connectivity index (χ0n) is 20.3. The summed E-state index contributed by atoms with van der Waals surface area (Å²) in [4.78, 5) is 0. The molecular weight excluding hydrogens is 458 g/mol. The molecule has 0 aliphatic heterocycles. The van der Waals surface area contributed by atoms with Gasteiger partial charge in [0.05, 0.1) is 6.10 Å². The van der Waals surface area contributed by atoms with E-state index in [2.05, 4.69) is 19.9 Å². The van der Waals surface area contributed by atoms with Crippen LogP contribution < -0.4 is 0 Å². The molecule has 3 fully saturated rings. The number of alkyl halides is 6. The molecule has 0 aromatic carbocycles. The second-order valence-electron chi connectivity index (χ2n) is 12.3. The van der Waals surface area contributed by atoms with E-state index in [1.807, 2.05) is 0 Å². The molecule has 0 saturated heterocycles. The summed E-state index contributed by atoms with van der Waals surface area (Å²) in [5.74, 6) is 1.12. The normalized spacial score (nSPS) is 41.9. The van der Waals surface area contributed by atoms with E-state index in [1.165, 1.54) is 5.57 Å². The number of hydrogen-bond donors (Lipinski definition) is 2. The molecule has 8 heteroatoms. The van der Waals surface area contributed by atoms with E-state index >= 15 is 0 Å². The molecule has 0 heterocycles. The van der Waals surface area contributed by atoms with Crippen LogP contribution in [-0.4, -0.2) is 34.3 Å². The minimum Gasteiger partial charge on any atom is -0.393 e. The second kappa shape index (κ2) is 8.39. The van der Waals surface area contributed by atoms with E-state index in [9.17, 15) is 36.6 Å². The SMILES string of the molecule is CC(CCC(O)(C(F)(F)F)C(F)(F)F)C1CCC2C3CC=C4C[C@@H](O)CCC4(C)C3CCC12C. The Labute approximate surface area is 198 Å². The molecule has 2 N–H and O–H groups in total. The highest BCUT2D eigenvalue weighted by atomic mass is 19.4. The van der Waals surface area contributed by atoms with Crippen molar-refractivity contribution in [3.05, 3.63) is 11.6 Å². The van der Waals surface area contributed by atoms with Gasteiger partial charge in [0.2, 0.25) is 0 Å². The van der Waals surface area contributed by atoms with E-state index in [4.69, 9.17) is 0 Å². The zero-order chi connectivity index (χ0) is 25.3. The fraction of sp³-hybridized carbons (Fsp3) is 0.923. The Hall–Kier alpha value is -0.760. The third kappa shape index (κ3) is 3.93. The molecule has 8 atom stereocenters. The van der Waals surface area contributed by atoms with E-state index in [0.717, 1.165) is 51.4 Å². The molecule has 3 saturated carbocycles. The molecule has 0 aromatic heterocycles. The fourth-order valence-corrected chi connectivity index (χ4v) is 8.70. The summed E-state index contributed by atoms with van der Waals surface area (Å²) >= 11 is 0. The van der Waals surface area contributed by atoms with Gasteiger partial charge in [0, 0.05) is 0 Å². The first-order valence-electron chi connectivity index (χ1n) is 12.8. The summed E-state index contributed by atoms with van der Waals surface area (Å²) in [6, 6.07) is 0. The largest absolute Gasteiger partial charge is 0.426 e. The third-order valence-electron chi connectivity index (χ3n) is 10.7. The predicted molar refractivity (Wildman–Crippen MR) is 117 cm³/mol. The van der Waals surface area contributed by atoms with Crippen molar-refractivity contribution in [2.45, 2.75) is 109 Å². The second-order valence-corrected chi connectivity index (χ2v) is 12.3. The van der Waals surface area contributed by atoms with Crippen LogP contribution in [-0.2, 0) is 0 Å². The molecule has 0 spiro atoms. The van der Waals surface area contributed by atoms with Crippen LogP contribution in [0.25, 0.3) is 0 Å². The van der Waals surface area contributed by atoms with Crippen LogP contribution in [0.15, 0.2) is 11.6 Å². The van der Waals surface area contributed by atoms with E-state index in [1.54, 1.807) is 6.92 Å². The van der Waals surface area contributed by atoms with Gasteiger partial charge in [0.25, 0.3) is 5.60 Å². The molecule has 0 radical (unpaired) electrons. The highest BCUT2D eigenvalue weighted by Gasteiger charge is 2.70. The van der Waals surface area contributed by atoms with E-state index in [-0.39, 0.29) is 35.2 Å². The van der Waals surface area contributed by atoms with Gasteiger partial charge in [-0.2, -0.15) is 26.3 Å². The summed E-state index contributed by atoms with van der Waals surface area (Å²) < 4.78 is 79.0. The van der Waals surface area contributed by atoms with Gasteiger partial charge < -0.3 is 10.2 Å². The van der Waals surface area contributed by atoms with E-state index < -0.39 is 24.4 Å². The van der Waals surface area contributed by atoms with Crippen molar-refractivity contribution in [3.63, 3.8) is 0 Å². The van der Waals surface area contributed by atoms with Gasteiger partial charge in [-0.05, 0) is 105 Å². The molecule has 34 heavy (non-hydrogen) atoms. The molecule has 0 aromatic rings. The first-order chi connectivity index (χ1) is 15.5. The molecule has 0 bridgehead atoms. The van der Waals surface area contributed by atoms with Crippen molar-refractivity contribution in [3.8, 4) is 0 Å². The van der Waals surface area contributed by atoms with Crippen molar-refractivity contribution in [1.29, 1.82) is 0 Å². The van der Waals surface area contributed by atoms with Gasteiger partial charge in [-0.1, -0.05) is 32.4 Å². The first kappa shape index (κ1) is 26.3. The molecule has 7 unspecified atom stereocenters. The zero-order valence-corrected chi connectivity index (χ0v) is 20.3. The smallest absolute Gasteiger partial charge is 0.393 e. The van der Waals surface area contributed by atoms with Gasteiger partial charge in [-0.25, -0.2) is 0 Å². The Kier molecular flexibility index (Phi) is 6.49. The average Bonchev–Trinajstić information content (AvgIpc) is 3.08. The molecule has 4 aliphatic carbocycles. The lowest BCUT2D eigenvalue weighted by molar-refractivity contribution is -0.370. The standard InChI is InChI=1S/C26H38F6O2/c1-15(8-13-24(34,25(27,28)29)26(30,31)32)19-6-7-20-18-5-4-16-14-17(33)9-11-22(16,2)21(18)10-12-23(19,20)3/h4,15,17-21,33-34H,5-14H2,1-3H3/t15?,17-,18?,19?,20?,21?,22?,23?/m0/s1. The lowest BCUT2D eigenvalue weighted by Crippen LogP contribution is -2.57. The van der Waals surface area contributed by atoms with Gasteiger partial charge >= 0.3 is 12.4 Å². The maximum atomic E-state index is 13.2. The number of rotatable bonds is 4. The van der Waals surface area contributed by atoms with Crippen LogP contribution in [0.4, 0.5) is 26.3 Å². The average molecular weight is 497 g/mol. The van der Waals surface area contributed by atoms with Crippen molar-refractivity contribution in [2.75, 3.05) is 0 Å². The number of fused-ring (bicyclic) bond motifs is 5. The van der Waals surface area contributed by atoms with Gasteiger partial charge in [-0.3, -0.25) is 0 Å². The fourth-order valence-electron chi connectivity index (χ4n) is 8.70. The lowest BCUT2D eigenvalue weighted by Gasteiger charge is -2.58. The van der Waals surface area contributed by atoms with Crippen molar-refractivity contribution < 1.29 is 36.6 Å². The van der Waals surface area contributed by atoms with Crippen LogP contribution in [0, 0.1) is 40.4 Å². The van der Waals surface area contributed by atoms with E-state index in [0.29, 0.717) is 17.8 Å². The number of halogens is 6. The topological polar surface area (TPSA) is 40.5 Å². The highest BCUT2D eigenvalue weighted by molar-refractivity contribution is 5.25. The third-order valence-corrected chi connectivity index (χ3v) is 10.7. The van der Waals surface area contributed by atoms with Crippen LogP contribution in [0.1, 0.15) is 85.0 Å². The van der Waals surface area contributed by atoms with Crippen molar-refractivity contribution in [2.24, 2.45) is 40.4 Å². The van der Waals surface area contributed by atoms with Crippen LogP contribution >= 0.6 is 0 Å². The quantitative estimate of drug-likeness (QED) is 0.319. The Morgan fingerprint density at radius 1 is 0.971 bits per heavy atom. The molecule has 2 nitrogen and oxygen atoms in total. The van der Waals surface area contributed by atoms with Crippen LogP contribution in [0.3, 0.4) is 0 Å². The Balaban J connectivity index is 1.50. The summed E-state index contributed by atoms with van der Waals surface area (Å²) in [6.07, 6.45) is -3.93. The van der Waals surface area contributed by atoms with Crippen molar-refractivity contribution >= 4 is 0 Å². The van der Waals surface area contributed by atoms with Crippen molar-refractivity contribution in [1.82, 2.24) is 0 Å².